The molecule has 0 aliphatic heterocycles. The summed E-state index contributed by atoms with van der Waals surface area (Å²) in [7, 11) is 0. The summed E-state index contributed by atoms with van der Waals surface area (Å²) in [5.74, 6) is 0.927. The first-order valence-corrected chi connectivity index (χ1v) is 9.67. The number of carbonyl (C=O) groups is 1. The van der Waals surface area contributed by atoms with E-state index in [1.54, 1.807) is 11.8 Å². The number of amides is 1. The van der Waals surface area contributed by atoms with Crippen LogP contribution in [0.1, 0.15) is 43.4 Å². The van der Waals surface area contributed by atoms with Crippen molar-refractivity contribution in [1.82, 2.24) is 5.32 Å². The van der Waals surface area contributed by atoms with Crippen LogP contribution in [0.25, 0.3) is 0 Å². The Balaban J connectivity index is 1.73. The third-order valence-electron chi connectivity index (χ3n) is 4.70. The van der Waals surface area contributed by atoms with Crippen molar-refractivity contribution in [3.63, 3.8) is 0 Å². The van der Waals surface area contributed by atoms with Crippen LogP contribution in [-0.4, -0.2) is 11.9 Å². The molecule has 1 fully saturated rings. The lowest BCUT2D eigenvalue weighted by atomic mass is 9.87. The highest BCUT2D eigenvalue weighted by atomic mass is 32.2. The molecule has 126 valence electrons. The molecule has 1 N–H and O–H groups in total. The van der Waals surface area contributed by atoms with Gasteiger partial charge in [0.1, 0.15) is 5.25 Å². The maximum Gasteiger partial charge on any atom is 0.238 e. The first kappa shape index (κ1) is 17.1. The zero-order valence-electron chi connectivity index (χ0n) is 14.2. The fourth-order valence-electron chi connectivity index (χ4n) is 3.22. The first-order valence-electron chi connectivity index (χ1n) is 8.79. The van der Waals surface area contributed by atoms with E-state index < -0.39 is 0 Å². The van der Waals surface area contributed by atoms with Gasteiger partial charge in [-0.05, 0) is 49.3 Å². The Morgan fingerprint density at radius 3 is 2.17 bits per heavy atom. The maximum absolute atomic E-state index is 13.0. The summed E-state index contributed by atoms with van der Waals surface area (Å²) < 4.78 is 0. The average Bonchev–Trinajstić information content (AvgIpc) is 2.63. The molecule has 2 aromatic rings. The second kappa shape index (κ2) is 8.39. The molecule has 0 heterocycles. The van der Waals surface area contributed by atoms with Crippen molar-refractivity contribution >= 4 is 17.7 Å². The molecule has 1 aliphatic carbocycles. The average molecular weight is 340 g/mol. The van der Waals surface area contributed by atoms with Gasteiger partial charge in [0.25, 0.3) is 0 Å². The number of carbonyl (C=O) groups excluding carboxylic acids is 1. The van der Waals surface area contributed by atoms with E-state index in [1.807, 2.05) is 48.5 Å². The normalized spacial score (nSPS) is 21.9. The van der Waals surface area contributed by atoms with Crippen LogP contribution in [0.4, 0.5) is 0 Å². The van der Waals surface area contributed by atoms with E-state index in [9.17, 15) is 4.79 Å². The number of benzene rings is 2. The third kappa shape index (κ3) is 4.64. The van der Waals surface area contributed by atoms with Gasteiger partial charge in [-0.1, -0.05) is 55.5 Å². The standard InChI is InChI=1S/C21H25NOS/c1-16-12-14-18(15-13-16)22-21(23)20(17-8-4-2-5-9-17)24-19-10-6-3-7-11-19/h2-11,16,18,20H,12-15H2,1H3,(H,22,23). The molecule has 3 heteroatoms. The predicted molar refractivity (Wildman–Crippen MR) is 101 cm³/mol. The minimum absolute atomic E-state index is 0.134. The maximum atomic E-state index is 13.0. The highest BCUT2D eigenvalue weighted by Gasteiger charge is 2.26. The van der Waals surface area contributed by atoms with E-state index in [2.05, 4.69) is 24.4 Å². The Bertz CT molecular complexity index is 635. The summed E-state index contributed by atoms with van der Waals surface area (Å²) in [6, 6.07) is 20.6. The molecular weight excluding hydrogens is 314 g/mol. The van der Waals surface area contributed by atoms with Crippen molar-refractivity contribution in [1.29, 1.82) is 0 Å². The number of nitrogens with one attached hydrogen (secondary N) is 1. The Morgan fingerprint density at radius 2 is 1.54 bits per heavy atom. The van der Waals surface area contributed by atoms with Crippen LogP contribution in [-0.2, 0) is 4.79 Å². The van der Waals surface area contributed by atoms with Crippen LogP contribution in [0.2, 0.25) is 0 Å². The molecule has 2 nitrogen and oxygen atoms in total. The lowest BCUT2D eigenvalue weighted by molar-refractivity contribution is -0.121. The molecular formula is C21H25NOS. The Morgan fingerprint density at radius 1 is 0.958 bits per heavy atom. The van der Waals surface area contributed by atoms with Crippen molar-refractivity contribution in [2.75, 3.05) is 0 Å². The molecule has 3 rings (SSSR count). The molecule has 2 aromatic carbocycles. The summed E-state index contributed by atoms with van der Waals surface area (Å²) in [5, 5.41) is 3.10. The van der Waals surface area contributed by atoms with Crippen LogP contribution in [0.3, 0.4) is 0 Å². The Kier molecular flexibility index (Phi) is 5.97. The van der Waals surface area contributed by atoms with Crippen molar-refractivity contribution in [2.24, 2.45) is 5.92 Å². The molecule has 0 spiro atoms. The molecule has 1 saturated carbocycles. The van der Waals surface area contributed by atoms with E-state index in [0.717, 1.165) is 29.2 Å². The van der Waals surface area contributed by atoms with Gasteiger partial charge in [-0.15, -0.1) is 11.8 Å². The van der Waals surface area contributed by atoms with Crippen molar-refractivity contribution in [3.8, 4) is 0 Å². The van der Waals surface area contributed by atoms with Crippen LogP contribution in [0.15, 0.2) is 65.6 Å². The largest absolute Gasteiger partial charge is 0.352 e. The minimum atomic E-state index is -0.201. The summed E-state index contributed by atoms with van der Waals surface area (Å²) in [6.07, 6.45) is 4.63. The highest BCUT2D eigenvalue weighted by Crippen LogP contribution is 2.36. The van der Waals surface area contributed by atoms with Crippen molar-refractivity contribution in [2.45, 2.75) is 48.8 Å². The number of rotatable bonds is 5. The molecule has 1 aliphatic rings. The first-order chi connectivity index (χ1) is 11.7. The van der Waals surface area contributed by atoms with Crippen LogP contribution in [0, 0.1) is 5.92 Å². The molecule has 1 amide bonds. The lowest BCUT2D eigenvalue weighted by Crippen LogP contribution is -2.39. The van der Waals surface area contributed by atoms with Gasteiger partial charge in [0.2, 0.25) is 5.91 Å². The summed E-state index contributed by atoms with van der Waals surface area (Å²) >= 11 is 1.63. The fraction of sp³-hybridized carbons (Fsp3) is 0.381. The molecule has 0 radical (unpaired) electrons. The quantitative estimate of drug-likeness (QED) is 0.757. The molecule has 24 heavy (non-hydrogen) atoms. The number of hydrogen-bond acceptors (Lipinski definition) is 2. The summed E-state index contributed by atoms with van der Waals surface area (Å²) in [4.78, 5) is 14.1. The second-order valence-electron chi connectivity index (χ2n) is 6.69. The molecule has 1 atom stereocenters. The van der Waals surface area contributed by atoms with E-state index >= 15 is 0 Å². The van der Waals surface area contributed by atoms with Crippen molar-refractivity contribution in [3.05, 3.63) is 66.2 Å². The second-order valence-corrected chi connectivity index (χ2v) is 7.87. The van der Waals surface area contributed by atoms with Gasteiger partial charge in [0, 0.05) is 10.9 Å². The lowest BCUT2D eigenvalue weighted by Gasteiger charge is -2.28. The van der Waals surface area contributed by atoms with Gasteiger partial charge in [0.15, 0.2) is 0 Å². The topological polar surface area (TPSA) is 29.1 Å². The Hall–Kier alpha value is -1.74. The number of thioether (sulfide) groups is 1. The van der Waals surface area contributed by atoms with E-state index in [4.69, 9.17) is 0 Å². The van der Waals surface area contributed by atoms with E-state index in [-0.39, 0.29) is 11.2 Å². The molecule has 1 unspecified atom stereocenters. The van der Waals surface area contributed by atoms with Gasteiger partial charge in [-0.3, -0.25) is 4.79 Å². The highest BCUT2D eigenvalue weighted by molar-refractivity contribution is 8.00. The molecule has 0 aromatic heterocycles. The zero-order chi connectivity index (χ0) is 16.8. The van der Waals surface area contributed by atoms with Gasteiger partial charge in [-0.25, -0.2) is 0 Å². The van der Waals surface area contributed by atoms with Crippen molar-refractivity contribution < 1.29 is 4.79 Å². The van der Waals surface area contributed by atoms with Gasteiger partial charge < -0.3 is 5.32 Å². The van der Waals surface area contributed by atoms with Gasteiger partial charge in [0.05, 0.1) is 0 Å². The van der Waals surface area contributed by atoms with Crippen LogP contribution in [0.5, 0.6) is 0 Å². The fourth-order valence-corrected chi connectivity index (χ4v) is 4.27. The molecule has 0 saturated heterocycles. The zero-order valence-corrected chi connectivity index (χ0v) is 15.0. The summed E-state index contributed by atoms with van der Waals surface area (Å²) in [6.45, 7) is 2.30. The smallest absolute Gasteiger partial charge is 0.238 e. The van der Waals surface area contributed by atoms with Crippen LogP contribution < -0.4 is 5.32 Å². The van der Waals surface area contributed by atoms with Gasteiger partial charge in [-0.2, -0.15) is 0 Å². The van der Waals surface area contributed by atoms with Crippen LogP contribution >= 0.6 is 11.8 Å². The minimum Gasteiger partial charge on any atom is -0.352 e. The SMILES string of the molecule is CC1CCC(NC(=O)C(Sc2ccccc2)c2ccccc2)CC1. The third-order valence-corrected chi connectivity index (χ3v) is 5.97. The number of hydrogen-bond donors (Lipinski definition) is 1. The van der Waals surface area contributed by atoms with Gasteiger partial charge >= 0.3 is 0 Å². The summed E-state index contributed by atoms with van der Waals surface area (Å²) in [5.41, 5.74) is 1.06. The molecule has 0 bridgehead atoms. The van der Waals surface area contributed by atoms with E-state index in [1.165, 1.54) is 12.8 Å². The predicted octanol–water partition coefficient (Wildman–Crippen LogP) is 5.21. The van der Waals surface area contributed by atoms with E-state index in [0.29, 0.717) is 6.04 Å². The Labute approximate surface area is 149 Å². The monoisotopic (exact) mass is 339 g/mol.